The van der Waals surface area contributed by atoms with E-state index in [0.29, 0.717) is 12.9 Å². The smallest absolute Gasteiger partial charge is 0.356 e. The molecule has 68 valence electrons. The average molecular weight is 179 g/mol. The lowest BCUT2D eigenvalue weighted by atomic mass is 10.3. The van der Waals surface area contributed by atoms with Crippen molar-refractivity contribution in [3.63, 3.8) is 0 Å². The molecular formula is C9H9NO3. The van der Waals surface area contributed by atoms with Crippen molar-refractivity contribution in [3.8, 4) is 0 Å². The zero-order valence-electron chi connectivity index (χ0n) is 7.19. The van der Waals surface area contributed by atoms with Crippen LogP contribution in [0.5, 0.6) is 0 Å². The highest BCUT2D eigenvalue weighted by atomic mass is 16.5. The van der Waals surface area contributed by atoms with Crippen LogP contribution in [0.25, 0.3) is 0 Å². The topological polar surface area (TPSA) is 56.3 Å². The fourth-order valence-electron chi connectivity index (χ4n) is 0.836. The van der Waals surface area contributed by atoms with Crippen molar-refractivity contribution in [2.24, 2.45) is 0 Å². The molecule has 4 heteroatoms. The standard InChI is InChI=1S/C9H9NO3/c1-2-13-9(12)8-5-3-4-7(6-11)10-8/h3-6H,2H2,1H3. The summed E-state index contributed by atoms with van der Waals surface area (Å²) in [5.74, 6) is -0.508. The predicted octanol–water partition coefficient (Wildman–Crippen LogP) is 1.07. The summed E-state index contributed by atoms with van der Waals surface area (Å²) in [5.41, 5.74) is 0.386. The number of carbonyl (C=O) groups excluding carboxylic acids is 2. The first-order chi connectivity index (χ1) is 6.27. The summed E-state index contributed by atoms with van der Waals surface area (Å²) in [6.45, 7) is 2.01. The monoisotopic (exact) mass is 179 g/mol. The number of esters is 1. The number of carbonyl (C=O) groups is 2. The highest BCUT2D eigenvalue weighted by Crippen LogP contribution is 1.99. The van der Waals surface area contributed by atoms with E-state index in [0.717, 1.165) is 0 Å². The molecule has 0 aliphatic heterocycles. The number of pyridine rings is 1. The maximum absolute atomic E-state index is 11.1. The Morgan fingerprint density at radius 3 is 3.00 bits per heavy atom. The molecule has 0 atom stereocenters. The fourth-order valence-corrected chi connectivity index (χ4v) is 0.836. The van der Waals surface area contributed by atoms with E-state index < -0.39 is 5.97 Å². The molecular weight excluding hydrogens is 170 g/mol. The molecule has 0 amide bonds. The molecule has 0 spiro atoms. The van der Waals surface area contributed by atoms with Crippen LogP contribution in [0.15, 0.2) is 18.2 Å². The van der Waals surface area contributed by atoms with E-state index in [9.17, 15) is 9.59 Å². The first-order valence-corrected chi connectivity index (χ1v) is 3.87. The minimum absolute atomic E-state index is 0.159. The van der Waals surface area contributed by atoms with Crippen molar-refractivity contribution < 1.29 is 14.3 Å². The molecule has 13 heavy (non-hydrogen) atoms. The Kier molecular flexibility index (Phi) is 3.14. The van der Waals surface area contributed by atoms with E-state index in [-0.39, 0.29) is 11.4 Å². The molecule has 0 N–H and O–H groups in total. The van der Waals surface area contributed by atoms with E-state index >= 15 is 0 Å². The van der Waals surface area contributed by atoms with Gasteiger partial charge in [-0.05, 0) is 19.1 Å². The number of ether oxygens (including phenoxy) is 1. The fraction of sp³-hybridized carbons (Fsp3) is 0.222. The lowest BCUT2D eigenvalue weighted by Crippen LogP contribution is -2.07. The van der Waals surface area contributed by atoms with E-state index in [2.05, 4.69) is 4.98 Å². The third-order valence-corrected chi connectivity index (χ3v) is 1.38. The highest BCUT2D eigenvalue weighted by molar-refractivity contribution is 5.88. The van der Waals surface area contributed by atoms with Gasteiger partial charge in [0.05, 0.1) is 6.61 Å². The largest absolute Gasteiger partial charge is 0.461 e. The minimum Gasteiger partial charge on any atom is -0.461 e. The molecule has 1 rings (SSSR count). The summed E-state index contributed by atoms with van der Waals surface area (Å²) in [6.07, 6.45) is 0.586. The summed E-state index contributed by atoms with van der Waals surface area (Å²) < 4.78 is 4.71. The Morgan fingerprint density at radius 2 is 2.38 bits per heavy atom. The van der Waals surface area contributed by atoms with Gasteiger partial charge in [-0.2, -0.15) is 0 Å². The molecule has 1 aromatic heterocycles. The van der Waals surface area contributed by atoms with E-state index in [1.165, 1.54) is 12.1 Å². The number of nitrogens with zero attached hydrogens (tertiary/aromatic N) is 1. The predicted molar refractivity (Wildman–Crippen MR) is 45.6 cm³/mol. The summed E-state index contributed by atoms with van der Waals surface area (Å²) in [6, 6.07) is 4.61. The molecule has 0 fully saturated rings. The average Bonchev–Trinajstić information content (AvgIpc) is 2.18. The Morgan fingerprint density at radius 1 is 1.62 bits per heavy atom. The molecule has 0 bridgehead atoms. The van der Waals surface area contributed by atoms with E-state index in [4.69, 9.17) is 4.74 Å². The first-order valence-electron chi connectivity index (χ1n) is 3.87. The lowest BCUT2D eigenvalue weighted by Gasteiger charge is -2.00. The maximum Gasteiger partial charge on any atom is 0.356 e. The molecule has 0 saturated carbocycles. The molecule has 0 aromatic carbocycles. The van der Waals surface area contributed by atoms with Gasteiger partial charge < -0.3 is 4.74 Å². The minimum atomic E-state index is -0.508. The highest BCUT2D eigenvalue weighted by Gasteiger charge is 2.07. The van der Waals surface area contributed by atoms with Gasteiger partial charge in [-0.15, -0.1) is 0 Å². The van der Waals surface area contributed by atoms with Crippen LogP contribution in [0, 0.1) is 0 Å². The number of aldehydes is 1. The van der Waals surface area contributed by atoms with Gasteiger partial charge in [0.2, 0.25) is 0 Å². The van der Waals surface area contributed by atoms with Gasteiger partial charge in [-0.1, -0.05) is 6.07 Å². The number of hydrogen-bond donors (Lipinski definition) is 0. The Bertz CT molecular complexity index is 322. The van der Waals surface area contributed by atoms with Crippen LogP contribution >= 0.6 is 0 Å². The third-order valence-electron chi connectivity index (χ3n) is 1.38. The maximum atomic E-state index is 11.1. The van der Waals surface area contributed by atoms with Gasteiger partial charge in [-0.3, -0.25) is 4.79 Å². The molecule has 0 saturated heterocycles. The SMILES string of the molecule is CCOC(=O)c1cccc(C=O)n1. The van der Waals surface area contributed by atoms with Crippen LogP contribution in [0.1, 0.15) is 27.9 Å². The molecule has 0 aliphatic rings. The first kappa shape index (κ1) is 9.38. The van der Waals surface area contributed by atoms with Gasteiger partial charge in [0, 0.05) is 0 Å². The van der Waals surface area contributed by atoms with Gasteiger partial charge in [-0.25, -0.2) is 9.78 Å². The van der Waals surface area contributed by atoms with Crippen LogP contribution in [0.3, 0.4) is 0 Å². The second kappa shape index (κ2) is 4.35. The van der Waals surface area contributed by atoms with Crippen LogP contribution in [0.2, 0.25) is 0 Å². The molecule has 0 aliphatic carbocycles. The number of hydrogen-bond acceptors (Lipinski definition) is 4. The van der Waals surface area contributed by atoms with Crippen molar-refractivity contribution in [2.45, 2.75) is 6.92 Å². The van der Waals surface area contributed by atoms with Crippen molar-refractivity contribution in [1.82, 2.24) is 4.98 Å². The molecule has 1 aromatic rings. The zero-order valence-corrected chi connectivity index (χ0v) is 7.19. The van der Waals surface area contributed by atoms with Gasteiger partial charge in [0.1, 0.15) is 11.4 Å². The summed E-state index contributed by atoms with van der Waals surface area (Å²) in [5, 5.41) is 0. The van der Waals surface area contributed by atoms with Crippen molar-refractivity contribution in [1.29, 1.82) is 0 Å². The van der Waals surface area contributed by atoms with Crippen LogP contribution in [-0.2, 0) is 4.74 Å². The van der Waals surface area contributed by atoms with Crippen molar-refractivity contribution >= 4 is 12.3 Å². The number of rotatable bonds is 3. The van der Waals surface area contributed by atoms with Crippen molar-refractivity contribution in [3.05, 3.63) is 29.6 Å². The van der Waals surface area contributed by atoms with Crippen LogP contribution < -0.4 is 0 Å². The quantitative estimate of drug-likeness (QED) is 0.514. The van der Waals surface area contributed by atoms with Gasteiger partial charge in [0.25, 0.3) is 0 Å². The van der Waals surface area contributed by atoms with Crippen LogP contribution in [-0.4, -0.2) is 23.8 Å². The molecule has 0 radical (unpaired) electrons. The van der Waals surface area contributed by atoms with Crippen LogP contribution in [0.4, 0.5) is 0 Å². The lowest BCUT2D eigenvalue weighted by molar-refractivity contribution is 0.0519. The Hall–Kier alpha value is -1.71. The summed E-state index contributed by atoms with van der Waals surface area (Å²) in [4.78, 5) is 25.2. The summed E-state index contributed by atoms with van der Waals surface area (Å²) >= 11 is 0. The van der Waals surface area contributed by atoms with E-state index in [1.807, 2.05) is 0 Å². The van der Waals surface area contributed by atoms with Crippen molar-refractivity contribution in [2.75, 3.05) is 6.61 Å². The second-order valence-corrected chi connectivity index (χ2v) is 2.29. The number of aromatic nitrogens is 1. The van der Waals surface area contributed by atoms with Gasteiger partial charge >= 0.3 is 5.97 Å². The third kappa shape index (κ3) is 2.37. The normalized spacial score (nSPS) is 9.31. The second-order valence-electron chi connectivity index (χ2n) is 2.29. The Labute approximate surface area is 75.5 Å². The Balaban J connectivity index is 2.88. The van der Waals surface area contributed by atoms with Gasteiger partial charge in [0.15, 0.2) is 6.29 Å². The molecule has 0 unspecified atom stereocenters. The molecule has 4 nitrogen and oxygen atoms in total. The van der Waals surface area contributed by atoms with E-state index in [1.54, 1.807) is 13.0 Å². The molecule has 1 heterocycles. The zero-order chi connectivity index (χ0) is 9.68. The summed E-state index contributed by atoms with van der Waals surface area (Å²) in [7, 11) is 0.